The van der Waals surface area contributed by atoms with E-state index < -0.39 is 23.1 Å². The molecule has 1 rings (SSSR count). The van der Waals surface area contributed by atoms with Crippen molar-refractivity contribution in [1.29, 1.82) is 0 Å². The van der Waals surface area contributed by atoms with E-state index in [0.717, 1.165) is 12.1 Å². The minimum absolute atomic E-state index is 0.211. The number of hydrogen-bond donors (Lipinski definition) is 2. The van der Waals surface area contributed by atoms with Gasteiger partial charge in [0.15, 0.2) is 5.69 Å². The van der Waals surface area contributed by atoms with E-state index in [-0.39, 0.29) is 5.56 Å². The van der Waals surface area contributed by atoms with Crippen molar-refractivity contribution < 1.29 is 14.7 Å². The van der Waals surface area contributed by atoms with Gasteiger partial charge < -0.3 is 9.94 Å². The van der Waals surface area contributed by atoms with Crippen LogP contribution < -0.4 is 5.90 Å². The van der Waals surface area contributed by atoms with E-state index in [1.807, 2.05) is 0 Å². The molecule has 1 aromatic rings. The van der Waals surface area contributed by atoms with Gasteiger partial charge in [-0.3, -0.25) is 0 Å². The summed E-state index contributed by atoms with van der Waals surface area (Å²) < 4.78 is 0. The normalized spacial score (nSPS) is 9.40. The van der Waals surface area contributed by atoms with Gasteiger partial charge in [-0.05, 0) is 22.5 Å². The Balaban J connectivity index is 3.37. The van der Waals surface area contributed by atoms with Crippen LogP contribution in [0.3, 0.4) is 0 Å². The smallest absolute Gasteiger partial charge is 0.356 e. The van der Waals surface area contributed by atoms with Crippen LogP contribution in [0.4, 0.5) is 11.4 Å². The molecule has 0 aliphatic rings. The summed E-state index contributed by atoms with van der Waals surface area (Å²) in [5.41, 5.74) is -1.22. The highest BCUT2D eigenvalue weighted by atomic mass is 16.7. The highest BCUT2D eigenvalue weighted by Gasteiger charge is 2.16. The Morgan fingerprint density at radius 3 is 2.47 bits per heavy atom. The van der Waals surface area contributed by atoms with E-state index >= 15 is 0 Å². The third-order valence-corrected chi connectivity index (χ3v) is 1.60. The average molecular weight is 211 g/mol. The van der Waals surface area contributed by atoms with Crippen molar-refractivity contribution >= 4 is 17.3 Å². The minimum atomic E-state index is -0.979. The van der Waals surface area contributed by atoms with Crippen LogP contribution in [0.15, 0.2) is 22.5 Å². The highest BCUT2D eigenvalue weighted by Crippen LogP contribution is 2.37. The highest BCUT2D eigenvalue weighted by molar-refractivity contribution is 5.92. The predicted octanol–water partition coefficient (Wildman–Crippen LogP) is 1.22. The second kappa shape index (κ2) is 4.24. The molecular formula is C7H5N3O5. The van der Waals surface area contributed by atoms with Crippen LogP contribution in [-0.4, -0.2) is 11.1 Å². The molecule has 0 atom stereocenters. The van der Waals surface area contributed by atoms with Crippen molar-refractivity contribution in [3.05, 3.63) is 27.5 Å². The molecule has 0 spiro atoms. The summed E-state index contributed by atoms with van der Waals surface area (Å²) in [6, 6.07) is 1.82. The molecule has 8 nitrogen and oxygen atoms in total. The lowest BCUT2D eigenvalue weighted by Gasteiger charge is -2.02. The Bertz CT molecular complexity index is 431. The zero-order valence-corrected chi connectivity index (χ0v) is 7.21. The zero-order chi connectivity index (χ0) is 11.4. The largest absolute Gasteiger partial charge is 0.505 e. The van der Waals surface area contributed by atoms with Crippen molar-refractivity contribution in [2.24, 2.45) is 16.3 Å². The lowest BCUT2D eigenvalue weighted by Crippen LogP contribution is -2.09. The van der Waals surface area contributed by atoms with Crippen LogP contribution in [0, 0.1) is 9.81 Å². The van der Waals surface area contributed by atoms with Crippen molar-refractivity contribution in [2.45, 2.75) is 0 Å². The SMILES string of the molecule is NOC(=O)c1cc(O)c(N=O)c(N=O)c1. The number of phenols is 1. The number of rotatable bonds is 3. The molecule has 3 N–H and O–H groups in total. The first kappa shape index (κ1) is 10.7. The van der Waals surface area contributed by atoms with Crippen LogP contribution in [0.25, 0.3) is 0 Å². The fourth-order valence-electron chi connectivity index (χ4n) is 0.953. The van der Waals surface area contributed by atoms with Gasteiger partial charge >= 0.3 is 5.97 Å². The van der Waals surface area contributed by atoms with Crippen LogP contribution in [-0.2, 0) is 4.84 Å². The number of nitrogens with two attached hydrogens (primary N) is 1. The maximum Gasteiger partial charge on any atom is 0.356 e. The third kappa shape index (κ3) is 1.94. The molecule has 1 aromatic carbocycles. The Kier molecular flexibility index (Phi) is 3.03. The van der Waals surface area contributed by atoms with E-state index in [9.17, 15) is 19.7 Å². The lowest BCUT2D eigenvalue weighted by molar-refractivity contribution is 0.0503. The fraction of sp³-hybridized carbons (Fsp3) is 0. The maximum absolute atomic E-state index is 10.9. The lowest BCUT2D eigenvalue weighted by atomic mass is 10.1. The minimum Gasteiger partial charge on any atom is -0.505 e. The van der Waals surface area contributed by atoms with Crippen molar-refractivity contribution in [1.82, 2.24) is 0 Å². The molecule has 0 aliphatic heterocycles. The van der Waals surface area contributed by atoms with Crippen LogP contribution in [0.2, 0.25) is 0 Å². The predicted molar refractivity (Wildman–Crippen MR) is 48.6 cm³/mol. The number of carbonyl (C=O) groups excluding carboxylic acids is 1. The third-order valence-electron chi connectivity index (χ3n) is 1.60. The molecule has 78 valence electrons. The molecule has 0 aliphatic carbocycles. The summed E-state index contributed by atoms with van der Waals surface area (Å²) in [5, 5.41) is 14.0. The van der Waals surface area contributed by atoms with E-state index in [1.54, 1.807) is 0 Å². The number of phenolic OH excluding ortho intramolecular Hbond substituents is 1. The Labute approximate surface area is 82.5 Å². The second-order valence-corrected chi connectivity index (χ2v) is 2.45. The summed E-state index contributed by atoms with van der Waals surface area (Å²) >= 11 is 0. The first-order valence-electron chi connectivity index (χ1n) is 3.58. The van der Waals surface area contributed by atoms with Gasteiger partial charge in [-0.25, -0.2) is 4.79 Å². The molecular weight excluding hydrogens is 206 g/mol. The van der Waals surface area contributed by atoms with Gasteiger partial charge in [0.05, 0.1) is 5.56 Å². The van der Waals surface area contributed by atoms with Gasteiger partial charge in [0, 0.05) is 0 Å². The standard InChI is InChI=1S/C7H5N3O5/c8-15-7(12)3-1-4(9-13)6(10-14)5(11)2-3/h1-2,11H,8H2. The molecule has 0 aromatic heterocycles. The summed E-state index contributed by atoms with van der Waals surface area (Å²) in [6.45, 7) is 0. The van der Waals surface area contributed by atoms with Crippen LogP contribution in [0.1, 0.15) is 10.4 Å². The zero-order valence-electron chi connectivity index (χ0n) is 7.21. The Morgan fingerprint density at radius 1 is 1.33 bits per heavy atom. The van der Waals surface area contributed by atoms with E-state index in [0.29, 0.717) is 0 Å². The summed E-state index contributed by atoms with van der Waals surface area (Å²) in [4.78, 5) is 35.3. The number of carbonyl (C=O) groups is 1. The van der Waals surface area contributed by atoms with Crippen molar-refractivity contribution in [2.75, 3.05) is 0 Å². The van der Waals surface area contributed by atoms with E-state index in [2.05, 4.69) is 21.1 Å². The van der Waals surface area contributed by atoms with Gasteiger partial charge in [-0.2, -0.15) is 5.90 Å². The Hall–Kier alpha value is -2.35. The molecule has 0 unspecified atom stereocenters. The number of benzene rings is 1. The number of nitrogens with zero attached hydrogens (tertiary/aromatic N) is 2. The molecule has 0 bridgehead atoms. The average Bonchev–Trinajstić information content (AvgIpc) is 2.26. The van der Waals surface area contributed by atoms with Gasteiger partial charge in [0.1, 0.15) is 11.4 Å². The molecule has 0 amide bonds. The van der Waals surface area contributed by atoms with Gasteiger partial charge in [0.25, 0.3) is 0 Å². The maximum atomic E-state index is 10.9. The van der Waals surface area contributed by atoms with Crippen LogP contribution in [0.5, 0.6) is 5.75 Å². The molecule has 0 fully saturated rings. The number of hydrogen-bond acceptors (Lipinski definition) is 8. The van der Waals surface area contributed by atoms with Crippen molar-refractivity contribution in [3.8, 4) is 5.75 Å². The summed E-state index contributed by atoms with van der Waals surface area (Å²) in [7, 11) is 0. The molecule has 0 heterocycles. The number of aromatic hydroxyl groups is 1. The number of nitroso groups, excluding NO2 is 2. The molecule has 8 heteroatoms. The quantitative estimate of drug-likeness (QED) is 0.570. The second-order valence-electron chi connectivity index (χ2n) is 2.45. The monoisotopic (exact) mass is 211 g/mol. The van der Waals surface area contributed by atoms with Gasteiger partial charge in [-0.15, -0.1) is 9.81 Å². The topological polar surface area (TPSA) is 131 Å². The van der Waals surface area contributed by atoms with E-state index in [4.69, 9.17) is 0 Å². The molecule has 0 saturated heterocycles. The summed E-state index contributed by atoms with van der Waals surface area (Å²) in [6.07, 6.45) is 0. The van der Waals surface area contributed by atoms with Crippen molar-refractivity contribution in [3.63, 3.8) is 0 Å². The molecule has 0 saturated carbocycles. The summed E-state index contributed by atoms with van der Waals surface area (Å²) in [5.74, 6) is 2.96. The fourth-order valence-corrected chi connectivity index (χ4v) is 0.953. The van der Waals surface area contributed by atoms with Crippen LogP contribution >= 0.6 is 0 Å². The first-order valence-corrected chi connectivity index (χ1v) is 3.58. The first-order chi connectivity index (χ1) is 7.13. The van der Waals surface area contributed by atoms with E-state index in [1.165, 1.54) is 0 Å². The Morgan fingerprint density at radius 2 is 2.00 bits per heavy atom. The van der Waals surface area contributed by atoms with Gasteiger partial charge in [0.2, 0.25) is 0 Å². The van der Waals surface area contributed by atoms with Gasteiger partial charge in [-0.1, -0.05) is 0 Å². The molecule has 15 heavy (non-hydrogen) atoms. The molecule has 0 radical (unpaired) electrons.